The van der Waals surface area contributed by atoms with Crippen LogP contribution >= 0.6 is 0 Å². The maximum absolute atomic E-state index is 13.4. The highest BCUT2D eigenvalue weighted by molar-refractivity contribution is 6.30. The van der Waals surface area contributed by atoms with E-state index in [2.05, 4.69) is 0 Å². The van der Waals surface area contributed by atoms with Crippen LogP contribution in [0.5, 0.6) is 5.75 Å². The number of nitrogens with zero attached hydrogens (tertiary/aromatic N) is 3. The summed E-state index contributed by atoms with van der Waals surface area (Å²) in [5, 5.41) is 0. The number of hydrogen-bond acceptors (Lipinski definition) is 5. The first-order chi connectivity index (χ1) is 14.4. The Balaban J connectivity index is 1.90. The van der Waals surface area contributed by atoms with Crippen molar-refractivity contribution >= 4 is 17.3 Å². The largest absolute Gasteiger partial charge is 0.497 e. The molecule has 2 aromatic carbocycles. The molecule has 0 saturated heterocycles. The summed E-state index contributed by atoms with van der Waals surface area (Å²) in [6.07, 6.45) is 0. The molecule has 2 heterocycles. The predicted molar refractivity (Wildman–Crippen MR) is 112 cm³/mol. The Bertz CT molecular complexity index is 1380. The van der Waals surface area contributed by atoms with E-state index in [0.29, 0.717) is 28.4 Å². The third kappa shape index (κ3) is 2.32. The molecule has 1 aromatic heterocycles. The lowest BCUT2D eigenvalue weighted by atomic mass is 9.76. The molecule has 7 heteroatoms. The fraction of sp³-hybridized carbons (Fsp3) is 0.217. The van der Waals surface area contributed by atoms with Gasteiger partial charge in [-0.15, -0.1) is 0 Å². The number of ether oxygens (including phenoxy) is 1. The van der Waals surface area contributed by atoms with Gasteiger partial charge in [0, 0.05) is 31.1 Å². The maximum atomic E-state index is 13.4. The van der Waals surface area contributed by atoms with Gasteiger partial charge in [0.1, 0.15) is 11.6 Å². The highest BCUT2D eigenvalue weighted by atomic mass is 16.5. The van der Waals surface area contributed by atoms with Crippen LogP contribution in [0.2, 0.25) is 0 Å². The van der Waals surface area contributed by atoms with Crippen LogP contribution in [0.4, 0.5) is 5.82 Å². The number of hydrogen-bond donors (Lipinski definition) is 0. The summed E-state index contributed by atoms with van der Waals surface area (Å²) in [7, 11) is 4.61. The molecule has 0 saturated carbocycles. The average molecular weight is 401 g/mol. The number of ketones is 1. The van der Waals surface area contributed by atoms with Crippen LogP contribution in [0.3, 0.4) is 0 Å². The lowest BCUT2D eigenvalue weighted by Crippen LogP contribution is -2.43. The van der Waals surface area contributed by atoms with E-state index in [9.17, 15) is 14.4 Å². The number of aliphatic imine (C=N–C) groups is 1. The van der Waals surface area contributed by atoms with Crippen LogP contribution in [0.15, 0.2) is 63.1 Å². The smallest absolute Gasteiger partial charge is 0.332 e. The standard InChI is InChI=1S/C23H19N3O4/c1-25-21-18(22(28)26(2)23(25)29)16(12-7-6-8-13(11-12)30-3)17-19(24-21)14-9-4-5-10-15(14)20(17)27/h4-11,16-17H,1-3H3. The fourth-order valence-corrected chi connectivity index (χ4v) is 4.56. The number of methoxy groups -OCH3 is 1. The van der Waals surface area contributed by atoms with Crippen molar-refractivity contribution in [3.05, 3.63) is 91.6 Å². The SMILES string of the molecule is COc1cccc(C2c3c(n(C)c(=O)n(C)c3=O)N=C3c4ccccc4C(=O)C32)c1. The van der Waals surface area contributed by atoms with Gasteiger partial charge in [0.15, 0.2) is 5.78 Å². The van der Waals surface area contributed by atoms with Crippen molar-refractivity contribution in [2.24, 2.45) is 25.0 Å². The van der Waals surface area contributed by atoms with Gasteiger partial charge in [-0.2, -0.15) is 0 Å². The molecule has 0 N–H and O–H groups in total. The van der Waals surface area contributed by atoms with E-state index >= 15 is 0 Å². The minimum atomic E-state index is -0.632. The van der Waals surface area contributed by atoms with Crippen molar-refractivity contribution in [3.63, 3.8) is 0 Å². The number of fused-ring (bicyclic) bond motifs is 4. The van der Waals surface area contributed by atoms with Crippen molar-refractivity contribution in [2.75, 3.05) is 7.11 Å². The molecule has 3 aromatic rings. The molecule has 5 rings (SSSR count). The van der Waals surface area contributed by atoms with Gasteiger partial charge in [0.25, 0.3) is 5.56 Å². The van der Waals surface area contributed by atoms with Crippen LogP contribution < -0.4 is 16.0 Å². The molecule has 0 amide bonds. The van der Waals surface area contributed by atoms with Crippen LogP contribution in [-0.2, 0) is 14.1 Å². The molecule has 150 valence electrons. The van der Waals surface area contributed by atoms with Crippen LogP contribution in [-0.4, -0.2) is 27.7 Å². The van der Waals surface area contributed by atoms with Gasteiger partial charge in [-0.25, -0.2) is 9.79 Å². The van der Waals surface area contributed by atoms with Crippen molar-refractivity contribution in [3.8, 4) is 5.75 Å². The van der Waals surface area contributed by atoms with Crippen LogP contribution in [0.25, 0.3) is 0 Å². The molecular formula is C23H19N3O4. The average Bonchev–Trinajstić information content (AvgIpc) is 3.07. The summed E-state index contributed by atoms with van der Waals surface area (Å²) in [5.74, 6) is -0.353. The summed E-state index contributed by atoms with van der Waals surface area (Å²) in [4.78, 5) is 43.9. The quantitative estimate of drug-likeness (QED) is 0.659. The fourth-order valence-electron chi connectivity index (χ4n) is 4.56. The molecule has 7 nitrogen and oxygen atoms in total. The van der Waals surface area contributed by atoms with E-state index in [4.69, 9.17) is 9.73 Å². The zero-order valence-electron chi connectivity index (χ0n) is 16.7. The van der Waals surface area contributed by atoms with E-state index in [1.54, 1.807) is 20.2 Å². The Morgan fingerprint density at radius 2 is 1.63 bits per heavy atom. The van der Waals surface area contributed by atoms with Gasteiger partial charge in [-0.05, 0) is 17.7 Å². The molecule has 2 aliphatic rings. The zero-order valence-corrected chi connectivity index (χ0v) is 16.7. The molecule has 1 aliphatic heterocycles. The van der Waals surface area contributed by atoms with Gasteiger partial charge in [-0.3, -0.25) is 18.7 Å². The second kappa shape index (κ2) is 6.38. The second-order valence-electron chi connectivity index (χ2n) is 7.58. The summed E-state index contributed by atoms with van der Waals surface area (Å²) < 4.78 is 7.82. The molecule has 2 atom stereocenters. The molecule has 0 radical (unpaired) electrons. The molecule has 0 spiro atoms. The van der Waals surface area contributed by atoms with Gasteiger partial charge in [-0.1, -0.05) is 36.4 Å². The number of carbonyl (C=O) groups is 1. The molecular weight excluding hydrogens is 382 g/mol. The normalized spacial score (nSPS) is 19.0. The number of benzene rings is 2. The van der Waals surface area contributed by atoms with E-state index in [-0.39, 0.29) is 5.78 Å². The van der Waals surface area contributed by atoms with Gasteiger partial charge in [0.05, 0.1) is 24.3 Å². The highest BCUT2D eigenvalue weighted by Gasteiger charge is 2.47. The van der Waals surface area contributed by atoms with Gasteiger partial charge >= 0.3 is 5.69 Å². The van der Waals surface area contributed by atoms with Crippen molar-refractivity contribution in [1.82, 2.24) is 9.13 Å². The summed E-state index contributed by atoms with van der Waals surface area (Å²) in [5.41, 5.74) is 2.16. The monoisotopic (exact) mass is 401 g/mol. The molecule has 2 unspecified atom stereocenters. The molecule has 1 aliphatic carbocycles. The van der Waals surface area contributed by atoms with Crippen molar-refractivity contribution < 1.29 is 9.53 Å². The van der Waals surface area contributed by atoms with E-state index in [1.807, 2.05) is 42.5 Å². The number of carbonyl (C=O) groups excluding carboxylic acids is 1. The zero-order chi connectivity index (χ0) is 21.2. The maximum Gasteiger partial charge on any atom is 0.332 e. The van der Waals surface area contributed by atoms with Crippen LogP contribution in [0.1, 0.15) is 33.0 Å². The number of Topliss-reactive ketones (excluding diaryl/α,β-unsaturated/α-hetero) is 1. The number of rotatable bonds is 2. The minimum Gasteiger partial charge on any atom is -0.497 e. The first-order valence-electron chi connectivity index (χ1n) is 9.60. The Morgan fingerprint density at radius 1 is 0.900 bits per heavy atom. The second-order valence-corrected chi connectivity index (χ2v) is 7.58. The lowest BCUT2D eigenvalue weighted by Gasteiger charge is -2.30. The Kier molecular flexibility index (Phi) is 3.89. The summed E-state index contributed by atoms with van der Waals surface area (Å²) >= 11 is 0. The topological polar surface area (TPSA) is 82.7 Å². The Morgan fingerprint density at radius 3 is 2.37 bits per heavy atom. The van der Waals surface area contributed by atoms with Gasteiger partial charge in [0.2, 0.25) is 0 Å². The first kappa shape index (κ1) is 18.3. The van der Waals surface area contributed by atoms with E-state index in [1.165, 1.54) is 11.6 Å². The Labute approximate surface area is 171 Å². The number of aromatic nitrogens is 2. The van der Waals surface area contributed by atoms with Crippen molar-refractivity contribution in [1.29, 1.82) is 0 Å². The van der Waals surface area contributed by atoms with E-state index < -0.39 is 23.1 Å². The summed E-state index contributed by atoms with van der Waals surface area (Å²) in [6.45, 7) is 0. The summed E-state index contributed by atoms with van der Waals surface area (Å²) in [6, 6.07) is 14.7. The van der Waals surface area contributed by atoms with Crippen molar-refractivity contribution in [2.45, 2.75) is 5.92 Å². The molecule has 0 bridgehead atoms. The van der Waals surface area contributed by atoms with E-state index in [0.717, 1.165) is 15.7 Å². The van der Waals surface area contributed by atoms with Crippen LogP contribution in [0, 0.1) is 5.92 Å². The predicted octanol–water partition coefficient (Wildman–Crippen LogP) is 2.17. The molecule has 30 heavy (non-hydrogen) atoms. The Hall–Kier alpha value is -3.74. The van der Waals surface area contributed by atoms with Gasteiger partial charge < -0.3 is 4.74 Å². The third-order valence-electron chi connectivity index (χ3n) is 6.04. The molecule has 0 fully saturated rings. The first-order valence-corrected chi connectivity index (χ1v) is 9.60. The highest BCUT2D eigenvalue weighted by Crippen LogP contribution is 2.46. The minimum absolute atomic E-state index is 0.0706. The lowest BCUT2D eigenvalue weighted by molar-refractivity contribution is 0.0953. The third-order valence-corrected chi connectivity index (χ3v) is 6.04.